The number of benzene rings is 1. The average Bonchev–Trinajstić information content (AvgIpc) is 2.65. The Morgan fingerprint density at radius 1 is 1.24 bits per heavy atom. The highest BCUT2D eigenvalue weighted by molar-refractivity contribution is 5.94. The molecule has 136 valence electrons. The molecule has 0 saturated heterocycles. The molecule has 0 unspecified atom stereocenters. The van der Waals surface area contributed by atoms with Gasteiger partial charge in [-0.2, -0.15) is 0 Å². The van der Waals surface area contributed by atoms with Gasteiger partial charge in [0.2, 0.25) is 11.8 Å². The van der Waals surface area contributed by atoms with Crippen LogP contribution in [0.25, 0.3) is 0 Å². The second-order valence-corrected chi connectivity index (χ2v) is 7.12. The van der Waals surface area contributed by atoms with E-state index in [0.717, 1.165) is 42.7 Å². The summed E-state index contributed by atoms with van der Waals surface area (Å²) in [5.41, 5.74) is 2.00. The highest BCUT2D eigenvalue weighted by atomic mass is 16.5. The zero-order valence-corrected chi connectivity index (χ0v) is 15.1. The number of aryl methyl sites for hydroxylation is 1. The van der Waals surface area contributed by atoms with Crippen molar-refractivity contribution in [2.75, 3.05) is 19.0 Å². The lowest BCUT2D eigenvalue weighted by Crippen LogP contribution is -2.38. The smallest absolute Gasteiger partial charge is 0.224 e. The van der Waals surface area contributed by atoms with Gasteiger partial charge in [-0.1, -0.05) is 19.3 Å². The Balaban J connectivity index is 1.41. The third-order valence-electron chi connectivity index (χ3n) is 5.29. The molecule has 1 aromatic carbocycles. The van der Waals surface area contributed by atoms with Crippen LogP contribution in [0.3, 0.4) is 0 Å². The first kappa shape index (κ1) is 17.8. The van der Waals surface area contributed by atoms with Gasteiger partial charge in [0, 0.05) is 31.6 Å². The average molecular weight is 344 g/mol. The minimum atomic E-state index is 0.0711. The van der Waals surface area contributed by atoms with Crippen molar-refractivity contribution in [2.24, 2.45) is 0 Å². The molecule has 1 aliphatic heterocycles. The third-order valence-corrected chi connectivity index (χ3v) is 5.29. The lowest BCUT2D eigenvalue weighted by atomic mass is 9.94. The summed E-state index contributed by atoms with van der Waals surface area (Å²) in [4.78, 5) is 25.6. The summed E-state index contributed by atoms with van der Waals surface area (Å²) in [5.74, 6) is 1.11. The number of amides is 2. The van der Waals surface area contributed by atoms with Gasteiger partial charge < -0.3 is 15.0 Å². The Morgan fingerprint density at radius 2 is 2.04 bits per heavy atom. The first-order valence-electron chi connectivity index (χ1n) is 9.45. The van der Waals surface area contributed by atoms with Crippen LogP contribution >= 0.6 is 0 Å². The van der Waals surface area contributed by atoms with E-state index >= 15 is 0 Å². The molecule has 0 atom stereocenters. The number of hydrogen-bond donors (Lipinski definition) is 1. The number of carbonyl (C=O) groups is 2. The Labute approximate surface area is 149 Å². The van der Waals surface area contributed by atoms with E-state index in [2.05, 4.69) is 5.32 Å². The summed E-state index contributed by atoms with van der Waals surface area (Å²) in [7, 11) is 1.94. The molecule has 2 amide bonds. The second kappa shape index (κ2) is 8.37. The van der Waals surface area contributed by atoms with Gasteiger partial charge in [-0.3, -0.25) is 9.59 Å². The molecule has 3 rings (SSSR count). The van der Waals surface area contributed by atoms with Crippen LogP contribution in [0.1, 0.15) is 56.9 Å². The van der Waals surface area contributed by atoms with Gasteiger partial charge in [0.25, 0.3) is 0 Å². The van der Waals surface area contributed by atoms with E-state index in [1.165, 1.54) is 19.3 Å². The molecule has 1 N–H and O–H groups in total. The number of nitrogens with zero attached hydrogens (tertiary/aromatic N) is 1. The van der Waals surface area contributed by atoms with E-state index in [4.69, 9.17) is 4.74 Å². The number of fused-ring (bicyclic) bond motifs is 1. The Bertz CT molecular complexity index is 623. The minimum Gasteiger partial charge on any atom is -0.494 e. The quantitative estimate of drug-likeness (QED) is 0.803. The van der Waals surface area contributed by atoms with Crippen LogP contribution in [0.2, 0.25) is 0 Å². The monoisotopic (exact) mass is 344 g/mol. The number of anilines is 1. The van der Waals surface area contributed by atoms with Gasteiger partial charge in [0.15, 0.2) is 0 Å². The van der Waals surface area contributed by atoms with Crippen LogP contribution in [0.15, 0.2) is 18.2 Å². The van der Waals surface area contributed by atoms with Crippen molar-refractivity contribution in [1.29, 1.82) is 0 Å². The lowest BCUT2D eigenvalue weighted by Gasteiger charge is -2.31. The zero-order valence-electron chi connectivity index (χ0n) is 15.1. The summed E-state index contributed by atoms with van der Waals surface area (Å²) in [6, 6.07) is 6.19. The molecule has 5 nitrogen and oxygen atoms in total. The number of hydrogen-bond acceptors (Lipinski definition) is 3. The van der Waals surface area contributed by atoms with E-state index in [0.29, 0.717) is 25.5 Å². The molecule has 5 heteroatoms. The fourth-order valence-corrected chi connectivity index (χ4v) is 3.71. The van der Waals surface area contributed by atoms with E-state index in [1.54, 1.807) is 0 Å². The summed E-state index contributed by atoms with van der Waals surface area (Å²) < 4.78 is 5.79. The SMILES string of the molecule is CN(C(=O)CCCOc1ccc2c(c1)CCC(=O)N2)C1CCCCC1. The van der Waals surface area contributed by atoms with Gasteiger partial charge >= 0.3 is 0 Å². The molecule has 1 aromatic rings. The van der Waals surface area contributed by atoms with E-state index in [1.807, 2.05) is 30.1 Å². The van der Waals surface area contributed by atoms with Gasteiger partial charge in [-0.05, 0) is 49.4 Å². The molecule has 0 bridgehead atoms. The normalized spacial score (nSPS) is 17.6. The van der Waals surface area contributed by atoms with Crippen LogP contribution in [0.4, 0.5) is 5.69 Å². The molecule has 1 heterocycles. The maximum atomic E-state index is 12.3. The predicted molar refractivity (Wildman–Crippen MR) is 97.8 cm³/mol. The van der Waals surface area contributed by atoms with Gasteiger partial charge in [0.1, 0.15) is 5.75 Å². The Kier molecular flexibility index (Phi) is 5.95. The molecule has 2 aliphatic rings. The maximum absolute atomic E-state index is 12.3. The minimum absolute atomic E-state index is 0.0711. The van der Waals surface area contributed by atoms with Gasteiger partial charge in [-0.15, -0.1) is 0 Å². The third kappa shape index (κ3) is 4.74. The topological polar surface area (TPSA) is 58.6 Å². The number of rotatable bonds is 6. The number of ether oxygens (including phenoxy) is 1. The first-order valence-corrected chi connectivity index (χ1v) is 9.45. The highest BCUT2D eigenvalue weighted by Gasteiger charge is 2.21. The zero-order chi connectivity index (χ0) is 17.6. The van der Waals surface area contributed by atoms with E-state index < -0.39 is 0 Å². The first-order chi connectivity index (χ1) is 12.1. The van der Waals surface area contributed by atoms with Crippen molar-refractivity contribution < 1.29 is 14.3 Å². The largest absolute Gasteiger partial charge is 0.494 e. The number of carbonyl (C=O) groups excluding carboxylic acids is 2. The van der Waals surface area contributed by atoms with E-state index in [-0.39, 0.29) is 11.8 Å². The standard InChI is InChI=1S/C20H28N2O3/c1-22(16-6-3-2-4-7-16)20(24)8-5-13-25-17-10-11-18-15(14-17)9-12-19(23)21-18/h10-11,14,16H,2-9,12-13H2,1H3,(H,21,23). The summed E-state index contributed by atoms with van der Waals surface area (Å²) in [5, 5.41) is 2.87. The van der Waals surface area contributed by atoms with Crippen LogP contribution in [-0.2, 0) is 16.0 Å². The summed E-state index contributed by atoms with van der Waals surface area (Å²) in [6.45, 7) is 0.537. The van der Waals surface area contributed by atoms with Crippen molar-refractivity contribution in [3.63, 3.8) is 0 Å². The summed E-state index contributed by atoms with van der Waals surface area (Å²) >= 11 is 0. The van der Waals surface area contributed by atoms with Crippen molar-refractivity contribution in [3.05, 3.63) is 23.8 Å². The molecular formula is C20H28N2O3. The molecule has 0 spiro atoms. The lowest BCUT2D eigenvalue weighted by molar-refractivity contribution is -0.132. The fourth-order valence-electron chi connectivity index (χ4n) is 3.71. The Morgan fingerprint density at radius 3 is 2.84 bits per heavy atom. The molecule has 1 saturated carbocycles. The van der Waals surface area contributed by atoms with Crippen LogP contribution in [0, 0.1) is 0 Å². The van der Waals surface area contributed by atoms with E-state index in [9.17, 15) is 9.59 Å². The van der Waals surface area contributed by atoms with Gasteiger partial charge in [-0.25, -0.2) is 0 Å². The highest BCUT2D eigenvalue weighted by Crippen LogP contribution is 2.27. The maximum Gasteiger partial charge on any atom is 0.224 e. The molecule has 25 heavy (non-hydrogen) atoms. The number of nitrogens with one attached hydrogen (secondary N) is 1. The predicted octanol–water partition coefficient (Wildman–Crippen LogP) is 3.52. The fraction of sp³-hybridized carbons (Fsp3) is 0.600. The second-order valence-electron chi connectivity index (χ2n) is 7.12. The molecule has 0 radical (unpaired) electrons. The molecule has 0 aromatic heterocycles. The molecule has 1 aliphatic carbocycles. The summed E-state index contributed by atoms with van der Waals surface area (Å²) in [6.07, 6.45) is 8.61. The van der Waals surface area contributed by atoms with Gasteiger partial charge in [0.05, 0.1) is 6.61 Å². The molecule has 1 fully saturated rings. The van der Waals surface area contributed by atoms with Crippen molar-refractivity contribution in [3.8, 4) is 5.75 Å². The molecular weight excluding hydrogens is 316 g/mol. The van der Waals surface area contributed by atoms with Crippen LogP contribution < -0.4 is 10.1 Å². The van der Waals surface area contributed by atoms with Crippen molar-refractivity contribution in [1.82, 2.24) is 4.90 Å². The van der Waals surface area contributed by atoms with Crippen molar-refractivity contribution >= 4 is 17.5 Å². The van der Waals surface area contributed by atoms with Crippen molar-refractivity contribution in [2.45, 2.75) is 63.8 Å². The van der Waals surface area contributed by atoms with Crippen LogP contribution in [-0.4, -0.2) is 36.4 Å². The Hall–Kier alpha value is -2.04. The van der Waals surface area contributed by atoms with Crippen LogP contribution in [0.5, 0.6) is 5.75 Å².